The molecule has 1 aliphatic rings. The van der Waals surface area contributed by atoms with Crippen molar-refractivity contribution in [1.29, 1.82) is 0 Å². The van der Waals surface area contributed by atoms with Crippen LogP contribution in [0.25, 0.3) is 5.76 Å². The number of carbonyl (C=O) groups excluding carboxylic acids is 2. The molecule has 1 N–H and O–H groups in total. The Hall–Kier alpha value is -3.93. The van der Waals surface area contributed by atoms with Crippen LogP contribution in [0.1, 0.15) is 22.7 Å². The molecule has 1 fully saturated rings. The molecule has 1 aromatic heterocycles. The number of hydrogen-bond acceptors (Lipinski definition) is 5. The van der Waals surface area contributed by atoms with E-state index < -0.39 is 17.7 Å². The Morgan fingerprint density at radius 2 is 1.55 bits per heavy atom. The normalized spacial score (nSPS) is 17.8. The lowest BCUT2D eigenvalue weighted by Gasteiger charge is -2.26. The number of aromatic nitrogens is 1. The van der Waals surface area contributed by atoms with Crippen LogP contribution in [0.3, 0.4) is 0 Å². The predicted molar refractivity (Wildman–Crippen MR) is 121 cm³/mol. The molecule has 31 heavy (non-hydrogen) atoms. The first-order valence-electron chi connectivity index (χ1n) is 9.94. The van der Waals surface area contributed by atoms with Crippen LogP contribution in [0.4, 0.5) is 11.4 Å². The van der Waals surface area contributed by atoms with E-state index in [0.717, 1.165) is 16.8 Å². The summed E-state index contributed by atoms with van der Waals surface area (Å²) in [5.41, 5.74) is 3.87. The van der Waals surface area contributed by atoms with Crippen molar-refractivity contribution < 1.29 is 14.7 Å². The number of aryl methyl sites for hydroxylation is 1. The molecule has 3 aromatic rings. The summed E-state index contributed by atoms with van der Waals surface area (Å²) in [6.45, 7) is 1.96. The summed E-state index contributed by atoms with van der Waals surface area (Å²) >= 11 is 0. The van der Waals surface area contributed by atoms with Crippen molar-refractivity contribution in [3.05, 3.63) is 95.3 Å². The van der Waals surface area contributed by atoms with Crippen LogP contribution in [-0.2, 0) is 9.59 Å². The molecule has 1 amide bonds. The summed E-state index contributed by atoms with van der Waals surface area (Å²) in [5, 5.41) is 11.0. The number of pyridine rings is 1. The first-order valence-corrected chi connectivity index (χ1v) is 9.94. The highest BCUT2D eigenvalue weighted by Gasteiger charge is 2.46. The van der Waals surface area contributed by atoms with Crippen LogP contribution in [-0.4, -0.2) is 35.9 Å². The zero-order valence-corrected chi connectivity index (χ0v) is 17.6. The summed E-state index contributed by atoms with van der Waals surface area (Å²) in [6, 6.07) is 17.5. The fourth-order valence-electron chi connectivity index (χ4n) is 3.74. The summed E-state index contributed by atoms with van der Waals surface area (Å²) in [6.07, 6.45) is 3.07. The van der Waals surface area contributed by atoms with Crippen LogP contribution in [0.2, 0.25) is 0 Å². The van der Waals surface area contributed by atoms with E-state index in [2.05, 4.69) is 4.98 Å². The van der Waals surface area contributed by atoms with Crippen molar-refractivity contribution in [2.24, 2.45) is 0 Å². The molecule has 156 valence electrons. The topological polar surface area (TPSA) is 73.7 Å². The largest absolute Gasteiger partial charge is 0.507 e. The monoisotopic (exact) mass is 413 g/mol. The van der Waals surface area contributed by atoms with E-state index in [1.807, 2.05) is 74.4 Å². The molecule has 6 nitrogen and oxygen atoms in total. The maximum Gasteiger partial charge on any atom is 0.300 e. The number of ketones is 1. The third-order valence-corrected chi connectivity index (χ3v) is 5.44. The molecule has 1 unspecified atom stereocenters. The maximum absolute atomic E-state index is 13.1. The van der Waals surface area contributed by atoms with Gasteiger partial charge in [0, 0.05) is 43.4 Å². The Balaban J connectivity index is 1.92. The van der Waals surface area contributed by atoms with Crippen molar-refractivity contribution >= 4 is 28.8 Å². The van der Waals surface area contributed by atoms with Gasteiger partial charge in [0.25, 0.3) is 11.7 Å². The Labute approximate surface area is 181 Å². The van der Waals surface area contributed by atoms with Crippen molar-refractivity contribution in [3.8, 4) is 0 Å². The molecule has 4 rings (SSSR count). The number of amides is 1. The van der Waals surface area contributed by atoms with Crippen LogP contribution in [0, 0.1) is 6.92 Å². The average molecular weight is 413 g/mol. The molecular formula is C25H23N3O3. The molecule has 2 heterocycles. The standard InChI is InChI=1S/C25H23N3O3/c1-16-4-8-20(9-5-16)28-22(17-6-10-19(11-7-17)27(2)3)21(24(30)25(28)31)23(29)18-12-14-26-15-13-18/h4-15,22,29H,1-3H3/b23-21-. The molecule has 1 aliphatic heterocycles. The SMILES string of the molecule is Cc1ccc(N2C(=O)C(=O)/C(=C(\O)c3ccncc3)C2c2ccc(N(C)C)cc2)cc1. The number of rotatable bonds is 4. The number of Topliss-reactive ketones (excluding diaryl/α,β-unsaturated/α-hetero) is 1. The van der Waals surface area contributed by atoms with Gasteiger partial charge in [-0.2, -0.15) is 0 Å². The van der Waals surface area contributed by atoms with Crippen LogP contribution in [0.15, 0.2) is 78.6 Å². The number of aliphatic hydroxyl groups excluding tert-OH is 1. The predicted octanol–water partition coefficient (Wildman–Crippen LogP) is 4.08. The lowest BCUT2D eigenvalue weighted by molar-refractivity contribution is -0.132. The van der Waals surface area contributed by atoms with Crippen LogP contribution >= 0.6 is 0 Å². The molecule has 0 saturated carbocycles. The highest BCUT2D eigenvalue weighted by molar-refractivity contribution is 6.51. The van der Waals surface area contributed by atoms with E-state index in [4.69, 9.17) is 0 Å². The summed E-state index contributed by atoms with van der Waals surface area (Å²) in [4.78, 5) is 33.6. The quantitative estimate of drug-likeness (QED) is 0.396. The lowest BCUT2D eigenvalue weighted by atomic mass is 9.95. The minimum atomic E-state index is -0.743. The number of aliphatic hydroxyl groups is 1. The minimum absolute atomic E-state index is 0.0642. The third-order valence-electron chi connectivity index (χ3n) is 5.44. The smallest absolute Gasteiger partial charge is 0.300 e. The van der Waals surface area contributed by atoms with Gasteiger partial charge < -0.3 is 10.0 Å². The van der Waals surface area contributed by atoms with Gasteiger partial charge in [0.15, 0.2) is 0 Å². The van der Waals surface area contributed by atoms with Crippen LogP contribution in [0.5, 0.6) is 0 Å². The zero-order valence-electron chi connectivity index (χ0n) is 17.6. The highest BCUT2D eigenvalue weighted by atomic mass is 16.3. The van der Waals surface area contributed by atoms with Gasteiger partial charge in [-0.25, -0.2) is 0 Å². The van der Waals surface area contributed by atoms with Crippen molar-refractivity contribution in [2.75, 3.05) is 23.9 Å². The second-order valence-corrected chi connectivity index (χ2v) is 7.73. The third kappa shape index (κ3) is 3.68. The number of hydrogen-bond donors (Lipinski definition) is 1. The van der Waals surface area contributed by atoms with Gasteiger partial charge in [-0.05, 0) is 48.9 Å². The van der Waals surface area contributed by atoms with E-state index in [9.17, 15) is 14.7 Å². The van der Waals surface area contributed by atoms with E-state index in [1.54, 1.807) is 12.1 Å². The lowest BCUT2D eigenvalue weighted by Crippen LogP contribution is -2.29. The Kier molecular flexibility index (Phi) is 5.29. The number of anilines is 2. The van der Waals surface area contributed by atoms with Gasteiger partial charge in [-0.15, -0.1) is 0 Å². The molecule has 1 atom stereocenters. The number of carbonyl (C=O) groups is 2. The summed E-state index contributed by atoms with van der Waals surface area (Å²) in [7, 11) is 3.88. The van der Waals surface area contributed by atoms with Crippen molar-refractivity contribution in [3.63, 3.8) is 0 Å². The molecular weight excluding hydrogens is 390 g/mol. The Bertz CT molecular complexity index is 1150. The number of nitrogens with zero attached hydrogens (tertiary/aromatic N) is 3. The highest BCUT2D eigenvalue weighted by Crippen LogP contribution is 2.42. The van der Waals surface area contributed by atoms with E-state index >= 15 is 0 Å². The van der Waals surface area contributed by atoms with Gasteiger partial charge in [0.1, 0.15) is 5.76 Å². The van der Waals surface area contributed by atoms with Crippen LogP contribution < -0.4 is 9.80 Å². The average Bonchev–Trinajstić information content (AvgIpc) is 3.05. The molecule has 1 saturated heterocycles. The van der Waals surface area contributed by atoms with Gasteiger partial charge in [-0.1, -0.05) is 29.8 Å². The van der Waals surface area contributed by atoms with Gasteiger partial charge in [0.05, 0.1) is 11.6 Å². The molecule has 0 aliphatic carbocycles. The molecule has 0 radical (unpaired) electrons. The second-order valence-electron chi connectivity index (χ2n) is 7.73. The van der Waals surface area contributed by atoms with Gasteiger partial charge in [0.2, 0.25) is 0 Å². The van der Waals surface area contributed by atoms with E-state index in [-0.39, 0.29) is 11.3 Å². The maximum atomic E-state index is 13.1. The minimum Gasteiger partial charge on any atom is -0.507 e. The fraction of sp³-hybridized carbons (Fsp3) is 0.160. The number of benzene rings is 2. The molecule has 6 heteroatoms. The first-order chi connectivity index (χ1) is 14.9. The van der Waals surface area contributed by atoms with Gasteiger partial charge >= 0.3 is 0 Å². The molecule has 0 bridgehead atoms. The summed E-state index contributed by atoms with van der Waals surface area (Å²) in [5.74, 6) is -1.59. The zero-order chi connectivity index (χ0) is 22.1. The van der Waals surface area contributed by atoms with E-state index in [0.29, 0.717) is 11.3 Å². The Morgan fingerprint density at radius 3 is 2.13 bits per heavy atom. The van der Waals surface area contributed by atoms with Crippen molar-refractivity contribution in [2.45, 2.75) is 13.0 Å². The van der Waals surface area contributed by atoms with E-state index in [1.165, 1.54) is 17.3 Å². The first kappa shape index (κ1) is 20.3. The van der Waals surface area contributed by atoms with Crippen molar-refractivity contribution in [1.82, 2.24) is 4.98 Å². The Morgan fingerprint density at radius 1 is 0.935 bits per heavy atom. The fourth-order valence-corrected chi connectivity index (χ4v) is 3.74. The van der Waals surface area contributed by atoms with Gasteiger partial charge in [-0.3, -0.25) is 19.5 Å². The molecule has 0 spiro atoms. The second kappa shape index (κ2) is 8.07. The summed E-state index contributed by atoms with van der Waals surface area (Å²) < 4.78 is 0. The molecule has 2 aromatic carbocycles.